The Balaban J connectivity index is 2.62. The highest BCUT2D eigenvalue weighted by molar-refractivity contribution is 5.68. The summed E-state index contributed by atoms with van der Waals surface area (Å²) in [6, 6.07) is 0.124. The molecular weight excluding hydrogens is 218 g/mol. The fourth-order valence-corrected chi connectivity index (χ4v) is 2.20. The first-order valence-corrected chi connectivity index (χ1v) is 6.51. The van der Waals surface area contributed by atoms with E-state index in [0.29, 0.717) is 19.4 Å². The van der Waals surface area contributed by atoms with E-state index >= 15 is 0 Å². The van der Waals surface area contributed by atoms with E-state index in [4.69, 9.17) is 4.74 Å². The van der Waals surface area contributed by atoms with E-state index in [1.807, 2.05) is 20.8 Å². The van der Waals surface area contributed by atoms with Crippen LogP contribution in [0.25, 0.3) is 0 Å². The van der Waals surface area contributed by atoms with Gasteiger partial charge in [0.1, 0.15) is 5.60 Å². The molecule has 2 unspecified atom stereocenters. The number of carbonyl (C=O) groups is 1. The third kappa shape index (κ3) is 4.54. The van der Waals surface area contributed by atoms with Crippen LogP contribution in [0, 0.1) is 0 Å². The maximum Gasteiger partial charge on any atom is 0.410 e. The Kier molecular flexibility index (Phi) is 4.80. The summed E-state index contributed by atoms with van der Waals surface area (Å²) in [7, 11) is 0. The second-order valence-corrected chi connectivity index (χ2v) is 5.79. The van der Waals surface area contributed by atoms with Crippen LogP contribution in [-0.2, 0) is 4.74 Å². The van der Waals surface area contributed by atoms with Crippen molar-refractivity contribution >= 4 is 6.09 Å². The lowest BCUT2D eigenvalue weighted by Crippen LogP contribution is -2.49. The number of nitrogens with zero attached hydrogens (tertiary/aromatic N) is 1. The molecule has 1 fully saturated rings. The van der Waals surface area contributed by atoms with Gasteiger partial charge >= 0.3 is 6.09 Å². The summed E-state index contributed by atoms with van der Waals surface area (Å²) in [4.78, 5) is 13.8. The lowest BCUT2D eigenvalue weighted by Gasteiger charge is -2.38. The molecule has 1 aliphatic heterocycles. The average molecular weight is 243 g/mol. The SMILES string of the molecule is CCCC1CC(O)CCN1C(=O)OC(C)(C)C. The largest absolute Gasteiger partial charge is 0.444 e. The van der Waals surface area contributed by atoms with Crippen molar-refractivity contribution in [3.63, 3.8) is 0 Å². The number of piperidine rings is 1. The normalized spacial score (nSPS) is 25.8. The van der Waals surface area contributed by atoms with Crippen molar-refractivity contribution in [1.29, 1.82) is 0 Å². The monoisotopic (exact) mass is 243 g/mol. The number of amides is 1. The summed E-state index contributed by atoms with van der Waals surface area (Å²) in [6.07, 6.45) is 2.74. The standard InChI is InChI=1S/C13H25NO3/c1-5-6-10-9-11(15)7-8-14(10)12(16)17-13(2,3)4/h10-11,15H,5-9H2,1-4H3. The predicted molar refractivity (Wildman–Crippen MR) is 66.9 cm³/mol. The van der Waals surface area contributed by atoms with Crippen molar-refractivity contribution in [3.05, 3.63) is 0 Å². The maximum absolute atomic E-state index is 12.0. The van der Waals surface area contributed by atoms with Gasteiger partial charge in [-0.1, -0.05) is 13.3 Å². The van der Waals surface area contributed by atoms with Crippen molar-refractivity contribution in [3.8, 4) is 0 Å². The summed E-state index contributed by atoms with van der Waals surface area (Å²) in [6.45, 7) is 8.31. The van der Waals surface area contributed by atoms with Gasteiger partial charge in [-0.3, -0.25) is 0 Å². The molecule has 0 radical (unpaired) electrons. The van der Waals surface area contributed by atoms with Crippen molar-refractivity contribution in [2.45, 2.75) is 71.1 Å². The second-order valence-electron chi connectivity index (χ2n) is 5.79. The van der Waals surface area contributed by atoms with Crippen LogP contribution in [-0.4, -0.2) is 40.4 Å². The minimum Gasteiger partial charge on any atom is -0.444 e. The summed E-state index contributed by atoms with van der Waals surface area (Å²) < 4.78 is 5.39. The van der Waals surface area contributed by atoms with Gasteiger partial charge in [-0.25, -0.2) is 4.79 Å². The van der Waals surface area contributed by atoms with E-state index in [1.54, 1.807) is 4.90 Å². The van der Waals surface area contributed by atoms with Crippen LogP contribution in [0.3, 0.4) is 0 Å². The highest BCUT2D eigenvalue weighted by Gasteiger charge is 2.32. The van der Waals surface area contributed by atoms with Gasteiger partial charge in [-0.05, 0) is 40.0 Å². The summed E-state index contributed by atoms with van der Waals surface area (Å²) in [5.74, 6) is 0. The molecule has 1 saturated heterocycles. The molecular formula is C13H25NO3. The van der Waals surface area contributed by atoms with Crippen LogP contribution in [0.1, 0.15) is 53.4 Å². The van der Waals surface area contributed by atoms with E-state index in [2.05, 4.69) is 6.92 Å². The first-order chi connectivity index (χ1) is 7.83. The number of rotatable bonds is 2. The molecule has 0 saturated carbocycles. The Morgan fingerprint density at radius 3 is 2.65 bits per heavy atom. The van der Waals surface area contributed by atoms with Crippen molar-refractivity contribution in [1.82, 2.24) is 4.90 Å². The molecule has 0 aromatic heterocycles. The Morgan fingerprint density at radius 2 is 2.12 bits per heavy atom. The number of ether oxygens (including phenoxy) is 1. The zero-order valence-electron chi connectivity index (χ0n) is 11.4. The first-order valence-electron chi connectivity index (χ1n) is 6.51. The quantitative estimate of drug-likeness (QED) is 0.811. The number of hydrogen-bond donors (Lipinski definition) is 1. The molecule has 1 heterocycles. The van der Waals surface area contributed by atoms with E-state index in [-0.39, 0.29) is 18.2 Å². The van der Waals surface area contributed by atoms with E-state index in [1.165, 1.54) is 0 Å². The third-order valence-corrected chi connectivity index (χ3v) is 2.94. The summed E-state index contributed by atoms with van der Waals surface area (Å²) in [5.41, 5.74) is -0.454. The second kappa shape index (κ2) is 5.71. The molecule has 17 heavy (non-hydrogen) atoms. The fraction of sp³-hybridized carbons (Fsp3) is 0.923. The predicted octanol–water partition coefficient (Wildman–Crippen LogP) is 2.55. The zero-order valence-corrected chi connectivity index (χ0v) is 11.4. The molecule has 0 bridgehead atoms. The van der Waals surface area contributed by atoms with Crippen LogP contribution in [0.5, 0.6) is 0 Å². The molecule has 1 amide bonds. The smallest absolute Gasteiger partial charge is 0.410 e. The van der Waals surface area contributed by atoms with Gasteiger partial charge in [-0.15, -0.1) is 0 Å². The van der Waals surface area contributed by atoms with Crippen LogP contribution in [0.2, 0.25) is 0 Å². The Hall–Kier alpha value is -0.770. The van der Waals surface area contributed by atoms with Gasteiger partial charge in [-0.2, -0.15) is 0 Å². The number of likely N-dealkylation sites (tertiary alicyclic amines) is 1. The maximum atomic E-state index is 12.0. The van der Waals surface area contributed by atoms with Gasteiger partial charge in [0.05, 0.1) is 6.10 Å². The zero-order chi connectivity index (χ0) is 13.1. The van der Waals surface area contributed by atoms with Gasteiger partial charge < -0.3 is 14.7 Å². The molecule has 1 aliphatic rings. The number of aliphatic hydroxyl groups excluding tert-OH is 1. The van der Waals surface area contributed by atoms with Crippen molar-refractivity contribution < 1.29 is 14.6 Å². The third-order valence-electron chi connectivity index (χ3n) is 2.94. The van der Waals surface area contributed by atoms with Gasteiger partial charge in [0.15, 0.2) is 0 Å². The minimum absolute atomic E-state index is 0.124. The molecule has 2 atom stereocenters. The average Bonchev–Trinajstić information content (AvgIpc) is 2.15. The molecule has 1 N–H and O–H groups in total. The number of aliphatic hydroxyl groups is 1. The lowest BCUT2D eigenvalue weighted by atomic mass is 9.96. The van der Waals surface area contributed by atoms with Crippen LogP contribution in [0.15, 0.2) is 0 Å². The van der Waals surface area contributed by atoms with E-state index in [9.17, 15) is 9.90 Å². The van der Waals surface area contributed by atoms with Gasteiger partial charge in [0, 0.05) is 12.6 Å². The van der Waals surface area contributed by atoms with Crippen LogP contribution < -0.4 is 0 Å². The molecule has 0 spiro atoms. The lowest BCUT2D eigenvalue weighted by molar-refractivity contribution is -0.00931. The van der Waals surface area contributed by atoms with Gasteiger partial charge in [0.2, 0.25) is 0 Å². The van der Waals surface area contributed by atoms with E-state index < -0.39 is 5.60 Å². The van der Waals surface area contributed by atoms with E-state index in [0.717, 1.165) is 12.8 Å². The molecule has 1 rings (SSSR count). The topological polar surface area (TPSA) is 49.8 Å². The molecule has 0 aromatic carbocycles. The number of hydrogen-bond acceptors (Lipinski definition) is 3. The van der Waals surface area contributed by atoms with Crippen molar-refractivity contribution in [2.75, 3.05) is 6.54 Å². The highest BCUT2D eigenvalue weighted by Crippen LogP contribution is 2.23. The molecule has 4 heteroatoms. The summed E-state index contributed by atoms with van der Waals surface area (Å²) in [5, 5.41) is 9.66. The van der Waals surface area contributed by atoms with Gasteiger partial charge in [0.25, 0.3) is 0 Å². The minimum atomic E-state index is -0.454. The Bertz CT molecular complexity index is 260. The highest BCUT2D eigenvalue weighted by atomic mass is 16.6. The Labute approximate surface area is 104 Å². The molecule has 4 nitrogen and oxygen atoms in total. The Morgan fingerprint density at radius 1 is 1.47 bits per heavy atom. The number of carbonyl (C=O) groups excluding carboxylic acids is 1. The molecule has 100 valence electrons. The fourth-order valence-electron chi connectivity index (χ4n) is 2.20. The summed E-state index contributed by atoms with van der Waals surface area (Å²) >= 11 is 0. The molecule has 0 aliphatic carbocycles. The molecule has 0 aromatic rings. The van der Waals surface area contributed by atoms with Crippen LogP contribution in [0.4, 0.5) is 4.79 Å². The van der Waals surface area contributed by atoms with Crippen LogP contribution >= 0.6 is 0 Å². The van der Waals surface area contributed by atoms with Crippen molar-refractivity contribution in [2.24, 2.45) is 0 Å². The first kappa shape index (κ1) is 14.3.